The molecule has 0 radical (unpaired) electrons. The normalized spacial score (nSPS) is 18.7. The second-order valence-corrected chi connectivity index (χ2v) is 5.68. The van der Waals surface area contributed by atoms with Crippen LogP contribution in [0, 0.1) is 0 Å². The van der Waals surface area contributed by atoms with Gasteiger partial charge in [0.1, 0.15) is 24.7 Å². The zero-order chi connectivity index (χ0) is 16.6. The number of carbonyl (C=O) groups is 1. The molecule has 1 unspecified atom stereocenters. The Kier molecular flexibility index (Phi) is 4.01. The lowest BCUT2D eigenvalue weighted by atomic mass is 10.2. The van der Waals surface area contributed by atoms with Crippen molar-refractivity contribution >= 4 is 34.2 Å². The van der Waals surface area contributed by atoms with Gasteiger partial charge in [0, 0.05) is 17.0 Å². The van der Waals surface area contributed by atoms with Crippen LogP contribution in [-0.2, 0) is 4.79 Å². The summed E-state index contributed by atoms with van der Waals surface area (Å²) >= 11 is 5.90. The van der Waals surface area contributed by atoms with E-state index in [-0.39, 0.29) is 13.0 Å². The summed E-state index contributed by atoms with van der Waals surface area (Å²) in [4.78, 5) is 21.0. The van der Waals surface area contributed by atoms with Crippen molar-refractivity contribution in [3.05, 3.63) is 29.5 Å². The average molecular weight is 345 g/mol. The van der Waals surface area contributed by atoms with E-state index >= 15 is 0 Å². The zero-order valence-corrected chi connectivity index (χ0v) is 12.5. The van der Waals surface area contributed by atoms with Crippen LogP contribution in [0.4, 0.5) is 19.0 Å². The summed E-state index contributed by atoms with van der Waals surface area (Å²) < 4.78 is 37.3. The summed E-state index contributed by atoms with van der Waals surface area (Å²) in [6, 6.07) is 4.28. The number of halogens is 4. The van der Waals surface area contributed by atoms with Crippen LogP contribution in [0.25, 0.3) is 10.9 Å². The van der Waals surface area contributed by atoms with Gasteiger partial charge in [0.05, 0.1) is 5.52 Å². The Hall–Kier alpha value is -2.09. The maximum Gasteiger partial charge on any atom is 0.406 e. The molecule has 3 rings (SSSR count). The minimum atomic E-state index is -4.40. The molecule has 1 aromatic heterocycles. The lowest BCUT2D eigenvalue weighted by molar-refractivity contribution is -0.157. The first-order valence-electron chi connectivity index (χ1n) is 6.86. The summed E-state index contributed by atoms with van der Waals surface area (Å²) in [6.45, 7) is -1.17. The maximum absolute atomic E-state index is 12.4. The van der Waals surface area contributed by atoms with E-state index < -0.39 is 24.7 Å². The summed E-state index contributed by atoms with van der Waals surface area (Å²) in [7, 11) is 0. The van der Waals surface area contributed by atoms with E-state index in [9.17, 15) is 18.0 Å². The number of carbonyl (C=O) groups excluding carboxylic acids is 1. The van der Waals surface area contributed by atoms with Crippen molar-refractivity contribution in [1.82, 2.24) is 14.9 Å². The van der Waals surface area contributed by atoms with Crippen LogP contribution in [0.5, 0.6) is 0 Å². The van der Waals surface area contributed by atoms with E-state index in [1.807, 2.05) is 0 Å². The van der Waals surface area contributed by atoms with Crippen LogP contribution in [0.15, 0.2) is 24.5 Å². The van der Waals surface area contributed by atoms with Gasteiger partial charge in [0.15, 0.2) is 0 Å². The van der Waals surface area contributed by atoms with E-state index in [0.29, 0.717) is 21.7 Å². The minimum Gasteiger partial charge on any atom is -0.358 e. The molecule has 2 heterocycles. The van der Waals surface area contributed by atoms with Gasteiger partial charge in [-0.3, -0.25) is 4.79 Å². The Balaban J connectivity index is 1.79. The van der Waals surface area contributed by atoms with Crippen LogP contribution < -0.4 is 5.32 Å². The largest absolute Gasteiger partial charge is 0.406 e. The molecule has 1 aliphatic heterocycles. The third-order valence-corrected chi connectivity index (χ3v) is 3.81. The second-order valence-electron chi connectivity index (χ2n) is 5.24. The molecule has 1 aromatic carbocycles. The van der Waals surface area contributed by atoms with Gasteiger partial charge in [-0.2, -0.15) is 13.2 Å². The minimum absolute atomic E-state index is 0.0604. The fourth-order valence-electron chi connectivity index (χ4n) is 2.56. The Bertz CT molecular complexity index is 752. The van der Waals surface area contributed by atoms with Gasteiger partial charge in [-0.25, -0.2) is 9.97 Å². The first kappa shape index (κ1) is 15.8. The third kappa shape index (κ3) is 3.47. The predicted molar refractivity (Wildman–Crippen MR) is 79.2 cm³/mol. The van der Waals surface area contributed by atoms with E-state index in [1.165, 1.54) is 6.33 Å². The molecule has 9 heteroatoms. The number of alkyl halides is 3. The first-order chi connectivity index (χ1) is 10.8. The van der Waals surface area contributed by atoms with Gasteiger partial charge in [0.2, 0.25) is 5.91 Å². The van der Waals surface area contributed by atoms with E-state index in [0.717, 1.165) is 4.90 Å². The van der Waals surface area contributed by atoms with Crippen LogP contribution in [-0.4, -0.2) is 46.1 Å². The van der Waals surface area contributed by atoms with Crippen molar-refractivity contribution < 1.29 is 18.0 Å². The number of hydrogen-bond acceptors (Lipinski definition) is 4. The first-order valence-corrected chi connectivity index (χ1v) is 7.23. The number of likely N-dealkylation sites (tertiary alicyclic amines) is 1. The summed E-state index contributed by atoms with van der Waals surface area (Å²) in [5, 5.41) is 4.08. The highest BCUT2D eigenvalue weighted by Crippen LogP contribution is 2.26. The van der Waals surface area contributed by atoms with Gasteiger partial charge in [-0.15, -0.1) is 0 Å². The molecule has 5 nitrogen and oxygen atoms in total. The van der Waals surface area contributed by atoms with Crippen LogP contribution in [0.2, 0.25) is 5.02 Å². The number of amides is 1. The molecule has 1 atom stereocenters. The molecule has 0 aliphatic carbocycles. The zero-order valence-electron chi connectivity index (χ0n) is 11.8. The van der Waals surface area contributed by atoms with Gasteiger partial charge in [-0.1, -0.05) is 11.6 Å². The van der Waals surface area contributed by atoms with Crippen molar-refractivity contribution in [1.29, 1.82) is 0 Å². The third-order valence-electron chi connectivity index (χ3n) is 3.58. The quantitative estimate of drug-likeness (QED) is 0.930. The summed E-state index contributed by atoms with van der Waals surface area (Å²) in [5.41, 5.74) is 0.590. The number of nitrogens with one attached hydrogen (secondary N) is 1. The van der Waals surface area contributed by atoms with Gasteiger partial charge in [0.25, 0.3) is 0 Å². The van der Waals surface area contributed by atoms with Crippen molar-refractivity contribution in [2.45, 2.75) is 18.6 Å². The number of aromatic nitrogens is 2. The standard InChI is InChI=1S/C14H12ClF3N4O/c15-8-1-2-9-11(5-8)19-7-20-12(9)21-10-3-4-22(13(10)23)6-14(16,17)18/h1-2,5,7,10H,3-4,6H2,(H,19,20,21). The molecule has 1 aliphatic rings. The van der Waals surface area contributed by atoms with E-state index in [2.05, 4.69) is 15.3 Å². The number of benzene rings is 1. The number of fused-ring (bicyclic) bond motifs is 1. The predicted octanol–water partition coefficient (Wildman–Crippen LogP) is 2.86. The molecule has 122 valence electrons. The smallest absolute Gasteiger partial charge is 0.358 e. The van der Waals surface area contributed by atoms with Crippen molar-refractivity contribution in [3.8, 4) is 0 Å². The highest BCUT2D eigenvalue weighted by molar-refractivity contribution is 6.31. The molecule has 1 saturated heterocycles. The molecule has 1 fully saturated rings. The Labute approximate surface area is 134 Å². The molecular weight excluding hydrogens is 333 g/mol. The SMILES string of the molecule is O=C1C(Nc2ncnc3cc(Cl)ccc23)CCN1CC(F)(F)F. The highest BCUT2D eigenvalue weighted by atomic mass is 35.5. The topological polar surface area (TPSA) is 58.1 Å². The summed E-state index contributed by atoms with van der Waals surface area (Å²) in [5.74, 6) is -0.179. The van der Waals surface area contributed by atoms with Crippen molar-refractivity contribution in [3.63, 3.8) is 0 Å². The van der Waals surface area contributed by atoms with E-state index in [4.69, 9.17) is 11.6 Å². The number of hydrogen-bond donors (Lipinski definition) is 1. The molecule has 0 spiro atoms. The molecule has 2 aromatic rings. The highest BCUT2D eigenvalue weighted by Gasteiger charge is 2.39. The van der Waals surface area contributed by atoms with E-state index in [1.54, 1.807) is 18.2 Å². The number of rotatable bonds is 3. The van der Waals surface area contributed by atoms with Gasteiger partial charge >= 0.3 is 6.18 Å². The molecule has 0 saturated carbocycles. The monoisotopic (exact) mass is 344 g/mol. The van der Waals surface area contributed by atoms with Crippen LogP contribution in [0.3, 0.4) is 0 Å². The Morgan fingerprint density at radius 2 is 2.13 bits per heavy atom. The summed E-state index contributed by atoms with van der Waals surface area (Å²) in [6.07, 6.45) is -2.80. The molecule has 23 heavy (non-hydrogen) atoms. The second kappa shape index (κ2) is 5.84. The number of anilines is 1. The van der Waals surface area contributed by atoms with Crippen molar-refractivity contribution in [2.24, 2.45) is 0 Å². The molecular formula is C14H12ClF3N4O. The Morgan fingerprint density at radius 1 is 1.35 bits per heavy atom. The lowest BCUT2D eigenvalue weighted by Gasteiger charge is -2.19. The average Bonchev–Trinajstić information content (AvgIpc) is 2.78. The molecule has 0 bridgehead atoms. The maximum atomic E-state index is 12.4. The Morgan fingerprint density at radius 3 is 2.87 bits per heavy atom. The fourth-order valence-corrected chi connectivity index (χ4v) is 2.72. The van der Waals surface area contributed by atoms with Crippen molar-refractivity contribution in [2.75, 3.05) is 18.4 Å². The van der Waals surface area contributed by atoms with Crippen LogP contribution in [0.1, 0.15) is 6.42 Å². The molecule has 1 amide bonds. The van der Waals surface area contributed by atoms with Crippen LogP contribution >= 0.6 is 11.6 Å². The lowest BCUT2D eigenvalue weighted by Crippen LogP contribution is -2.39. The van der Waals surface area contributed by atoms with Gasteiger partial charge < -0.3 is 10.2 Å². The molecule has 1 N–H and O–H groups in total. The number of nitrogens with zero attached hydrogens (tertiary/aromatic N) is 3. The van der Waals surface area contributed by atoms with Gasteiger partial charge in [-0.05, 0) is 24.6 Å². The fraction of sp³-hybridized carbons (Fsp3) is 0.357.